The molecule has 0 spiro atoms. The summed E-state index contributed by atoms with van der Waals surface area (Å²) in [4.78, 5) is 38.4. The van der Waals surface area contributed by atoms with Gasteiger partial charge in [-0.1, -0.05) is 43.3 Å². The number of halogens is 2. The zero-order chi connectivity index (χ0) is 21.3. The van der Waals surface area contributed by atoms with Gasteiger partial charge in [0.1, 0.15) is 11.6 Å². The van der Waals surface area contributed by atoms with Gasteiger partial charge in [-0.15, -0.1) is 0 Å². The van der Waals surface area contributed by atoms with Crippen molar-refractivity contribution in [3.8, 4) is 5.75 Å². The van der Waals surface area contributed by atoms with Gasteiger partial charge in [0.05, 0.1) is 40.8 Å². The summed E-state index contributed by atoms with van der Waals surface area (Å²) < 4.78 is 10.7. The molecule has 1 aromatic carbocycles. The minimum atomic E-state index is -0.825. The molecule has 0 bridgehead atoms. The van der Waals surface area contributed by atoms with Crippen LogP contribution in [0.4, 0.5) is 5.69 Å². The summed E-state index contributed by atoms with van der Waals surface area (Å²) in [7, 11) is 0.519. The smallest absolute Gasteiger partial charge is 0.309 e. The number of imide groups is 1. The number of hydrogen-bond acceptors (Lipinski definition) is 5. The second-order valence-corrected chi connectivity index (χ2v) is 10.5. The number of benzene rings is 1. The SMILES string of the molecule is COC(=O)CP(C)C(C)Oc1cc(N2C(=O)C3C=CCCC3C2=O)c(Cl)cc1Cl. The summed E-state index contributed by atoms with van der Waals surface area (Å²) in [5.41, 5.74) is 0.268. The van der Waals surface area contributed by atoms with Gasteiger partial charge in [-0.05, 0) is 32.5 Å². The molecule has 2 amide bonds. The number of amides is 2. The molecule has 9 heteroatoms. The summed E-state index contributed by atoms with van der Waals surface area (Å²) in [5.74, 6) is -1.64. The van der Waals surface area contributed by atoms with E-state index in [2.05, 4.69) is 0 Å². The number of anilines is 1. The maximum absolute atomic E-state index is 12.9. The summed E-state index contributed by atoms with van der Waals surface area (Å²) in [5, 5.41) is 0.469. The van der Waals surface area contributed by atoms with E-state index in [1.165, 1.54) is 19.2 Å². The molecule has 0 aromatic heterocycles. The molecule has 4 unspecified atom stereocenters. The standard InChI is InChI=1S/C20H22Cl2NO5P/c1-11(29(3)10-18(24)27-2)28-17-9-16(14(21)8-15(17)22)23-19(25)12-6-4-5-7-13(12)20(23)26/h4,6,8-9,11-13H,5,7,10H2,1-3H3. The first-order valence-corrected chi connectivity index (χ1v) is 12.0. The van der Waals surface area contributed by atoms with Crippen molar-refractivity contribution >= 4 is 54.6 Å². The van der Waals surface area contributed by atoms with Gasteiger partial charge >= 0.3 is 5.97 Å². The number of methoxy groups -OCH3 is 1. The number of rotatable bonds is 6. The Morgan fingerprint density at radius 2 is 2.00 bits per heavy atom. The van der Waals surface area contributed by atoms with Gasteiger partial charge in [0.2, 0.25) is 11.8 Å². The third-order valence-corrected chi connectivity index (χ3v) is 7.93. The van der Waals surface area contributed by atoms with Crippen LogP contribution < -0.4 is 9.64 Å². The van der Waals surface area contributed by atoms with Crippen molar-refractivity contribution in [1.82, 2.24) is 0 Å². The van der Waals surface area contributed by atoms with E-state index in [4.69, 9.17) is 32.7 Å². The van der Waals surface area contributed by atoms with E-state index in [1.807, 2.05) is 19.7 Å². The fourth-order valence-electron chi connectivity index (χ4n) is 3.48. The lowest BCUT2D eigenvalue weighted by Gasteiger charge is -2.23. The highest BCUT2D eigenvalue weighted by Gasteiger charge is 2.48. The molecular formula is C20H22Cl2NO5P. The molecule has 156 valence electrons. The average molecular weight is 458 g/mol. The number of fused-ring (bicyclic) bond motifs is 1. The average Bonchev–Trinajstić information content (AvgIpc) is 2.94. The van der Waals surface area contributed by atoms with E-state index in [-0.39, 0.29) is 51.4 Å². The van der Waals surface area contributed by atoms with Crippen LogP contribution in [-0.4, -0.2) is 43.6 Å². The van der Waals surface area contributed by atoms with Gasteiger partial charge in [-0.25, -0.2) is 4.90 Å². The molecular weight excluding hydrogens is 436 g/mol. The van der Waals surface area contributed by atoms with E-state index in [9.17, 15) is 14.4 Å². The Bertz CT molecular complexity index is 875. The Balaban J connectivity index is 1.86. The number of esters is 1. The van der Waals surface area contributed by atoms with Crippen LogP contribution in [0.15, 0.2) is 24.3 Å². The molecule has 3 rings (SSSR count). The molecule has 4 atom stereocenters. The summed E-state index contributed by atoms with van der Waals surface area (Å²) in [6, 6.07) is 3.00. The van der Waals surface area contributed by atoms with E-state index in [1.54, 1.807) is 6.08 Å². The molecule has 29 heavy (non-hydrogen) atoms. The number of carbonyl (C=O) groups is 3. The van der Waals surface area contributed by atoms with Crippen molar-refractivity contribution in [3.63, 3.8) is 0 Å². The van der Waals surface area contributed by atoms with Gasteiger partial charge in [0, 0.05) is 6.07 Å². The van der Waals surface area contributed by atoms with Crippen LogP contribution in [0.25, 0.3) is 0 Å². The van der Waals surface area contributed by atoms with Crippen molar-refractivity contribution < 1.29 is 23.9 Å². The minimum Gasteiger partial charge on any atom is -0.485 e. The lowest BCUT2D eigenvalue weighted by atomic mass is 9.86. The maximum atomic E-state index is 12.9. The van der Waals surface area contributed by atoms with Crippen LogP contribution >= 0.6 is 31.1 Å². The topological polar surface area (TPSA) is 72.9 Å². The third kappa shape index (κ3) is 4.45. The van der Waals surface area contributed by atoms with Gasteiger partial charge in [0.15, 0.2) is 0 Å². The lowest BCUT2D eigenvalue weighted by molar-refractivity contribution is -0.137. The van der Waals surface area contributed by atoms with Crippen molar-refractivity contribution in [2.45, 2.75) is 25.6 Å². The Hall–Kier alpha value is -1.62. The van der Waals surface area contributed by atoms with Crippen LogP contribution in [0, 0.1) is 11.8 Å². The molecule has 1 fully saturated rings. The Kier molecular flexibility index (Phi) is 6.87. The highest BCUT2D eigenvalue weighted by Crippen LogP contribution is 2.45. The fourth-order valence-corrected chi connectivity index (χ4v) is 5.07. The van der Waals surface area contributed by atoms with Crippen molar-refractivity contribution in [2.75, 3.05) is 24.8 Å². The maximum Gasteiger partial charge on any atom is 0.309 e. The molecule has 1 aliphatic carbocycles. The summed E-state index contributed by atoms with van der Waals surface area (Å²) >= 11 is 12.6. The number of allylic oxidation sites excluding steroid dienone is 1. The Labute approximate surface area is 180 Å². The first-order valence-electron chi connectivity index (χ1n) is 9.21. The fraction of sp³-hybridized carbons (Fsp3) is 0.450. The van der Waals surface area contributed by atoms with E-state index in [0.29, 0.717) is 12.2 Å². The van der Waals surface area contributed by atoms with Crippen molar-refractivity contribution in [1.29, 1.82) is 0 Å². The van der Waals surface area contributed by atoms with Crippen LogP contribution in [0.3, 0.4) is 0 Å². The van der Waals surface area contributed by atoms with Gasteiger partial charge < -0.3 is 9.47 Å². The minimum absolute atomic E-state index is 0.202. The first kappa shape index (κ1) is 22.1. The largest absolute Gasteiger partial charge is 0.485 e. The molecule has 0 saturated carbocycles. The van der Waals surface area contributed by atoms with E-state index >= 15 is 0 Å². The van der Waals surface area contributed by atoms with Gasteiger partial charge in [-0.2, -0.15) is 0 Å². The van der Waals surface area contributed by atoms with Crippen LogP contribution in [0.5, 0.6) is 5.75 Å². The normalized spacial score (nSPS) is 23.0. The molecule has 0 radical (unpaired) electrons. The van der Waals surface area contributed by atoms with Crippen LogP contribution in [0.2, 0.25) is 10.0 Å². The Morgan fingerprint density at radius 1 is 1.28 bits per heavy atom. The van der Waals surface area contributed by atoms with Gasteiger partial charge in [0.25, 0.3) is 0 Å². The van der Waals surface area contributed by atoms with Crippen molar-refractivity contribution in [2.24, 2.45) is 11.8 Å². The van der Waals surface area contributed by atoms with E-state index in [0.717, 1.165) is 11.3 Å². The summed E-state index contributed by atoms with van der Waals surface area (Å²) in [6.07, 6.45) is 5.40. The number of ether oxygens (including phenoxy) is 2. The quantitative estimate of drug-likeness (QED) is 0.273. The monoisotopic (exact) mass is 457 g/mol. The van der Waals surface area contributed by atoms with E-state index < -0.39 is 13.8 Å². The highest BCUT2D eigenvalue weighted by molar-refractivity contribution is 7.58. The first-order chi connectivity index (χ1) is 13.7. The number of nitrogens with zero attached hydrogens (tertiary/aromatic N) is 1. The number of hydrogen-bond donors (Lipinski definition) is 0. The molecule has 1 aliphatic heterocycles. The predicted octanol–water partition coefficient (Wildman–Crippen LogP) is 4.46. The predicted molar refractivity (Wildman–Crippen MR) is 114 cm³/mol. The third-order valence-electron chi connectivity index (χ3n) is 5.23. The zero-order valence-electron chi connectivity index (χ0n) is 16.4. The van der Waals surface area contributed by atoms with Crippen molar-refractivity contribution in [3.05, 3.63) is 34.3 Å². The van der Waals surface area contributed by atoms with Crippen LogP contribution in [0.1, 0.15) is 19.8 Å². The molecule has 1 aromatic rings. The lowest BCUT2D eigenvalue weighted by Crippen LogP contribution is -2.31. The zero-order valence-corrected chi connectivity index (χ0v) is 18.8. The second-order valence-electron chi connectivity index (χ2n) is 7.09. The Morgan fingerprint density at radius 3 is 2.66 bits per heavy atom. The van der Waals surface area contributed by atoms with Crippen LogP contribution in [-0.2, 0) is 19.1 Å². The van der Waals surface area contributed by atoms with Gasteiger partial charge in [-0.3, -0.25) is 14.4 Å². The second kappa shape index (κ2) is 9.03. The molecule has 0 N–H and O–H groups in total. The molecule has 6 nitrogen and oxygen atoms in total. The summed E-state index contributed by atoms with van der Waals surface area (Å²) in [6.45, 7) is 3.76. The molecule has 1 heterocycles. The molecule has 2 aliphatic rings. The highest BCUT2D eigenvalue weighted by atomic mass is 35.5. The number of carbonyl (C=O) groups excluding carboxylic acids is 3. The molecule has 1 saturated heterocycles.